The fourth-order valence-electron chi connectivity index (χ4n) is 3.20. The largest absolute Gasteiger partial charge is 0.508 e. The fraction of sp³-hybridized carbons (Fsp3) is 0.450. The maximum Gasteiger partial charge on any atom is 0.257 e. The van der Waals surface area contributed by atoms with Crippen molar-refractivity contribution in [3.8, 4) is 11.5 Å². The van der Waals surface area contributed by atoms with Gasteiger partial charge in [-0.1, -0.05) is 0 Å². The van der Waals surface area contributed by atoms with Crippen molar-refractivity contribution in [3.63, 3.8) is 0 Å². The first-order valence-electron chi connectivity index (χ1n) is 9.46. The van der Waals surface area contributed by atoms with Gasteiger partial charge in [0, 0.05) is 19.1 Å². The van der Waals surface area contributed by atoms with E-state index in [0.717, 1.165) is 18.7 Å². The van der Waals surface area contributed by atoms with Gasteiger partial charge in [0.05, 0.1) is 17.5 Å². The Hall–Kier alpha value is -3.03. The number of fused-ring (bicyclic) bond motifs is 1. The van der Waals surface area contributed by atoms with E-state index in [4.69, 9.17) is 4.74 Å². The summed E-state index contributed by atoms with van der Waals surface area (Å²) in [5, 5.41) is 19.4. The van der Waals surface area contributed by atoms with Crippen molar-refractivity contribution in [2.24, 2.45) is 5.92 Å². The van der Waals surface area contributed by atoms with Crippen LogP contribution in [0.2, 0.25) is 0 Å². The highest BCUT2D eigenvalue weighted by atomic mass is 16.5. The third-order valence-electron chi connectivity index (χ3n) is 4.64. The van der Waals surface area contributed by atoms with Crippen molar-refractivity contribution < 1.29 is 19.4 Å². The third kappa shape index (κ3) is 5.03. The summed E-state index contributed by atoms with van der Waals surface area (Å²) in [6.07, 6.45) is 3.21. The minimum atomic E-state index is -0.204. The van der Waals surface area contributed by atoms with Gasteiger partial charge in [0.25, 0.3) is 11.8 Å². The number of amides is 2. The molecule has 3 rings (SSSR count). The van der Waals surface area contributed by atoms with Crippen LogP contribution < -0.4 is 15.4 Å². The van der Waals surface area contributed by atoms with Crippen LogP contribution in [0.25, 0.3) is 0 Å². The molecule has 1 atom stereocenters. The maximum atomic E-state index is 12.3. The monoisotopic (exact) mass is 386 g/mol. The predicted molar refractivity (Wildman–Crippen MR) is 103 cm³/mol. The zero-order chi connectivity index (χ0) is 20.1. The molecule has 0 saturated carbocycles. The molecule has 1 aliphatic rings. The van der Waals surface area contributed by atoms with E-state index < -0.39 is 0 Å². The van der Waals surface area contributed by atoms with Crippen LogP contribution in [0.15, 0.2) is 30.5 Å². The van der Waals surface area contributed by atoms with E-state index in [-0.39, 0.29) is 36.1 Å². The van der Waals surface area contributed by atoms with Crippen LogP contribution in [0.5, 0.6) is 11.5 Å². The normalized spacial score (nSPS) is 15.8. The lowest BCUT2D eigenvalue weighted by Crippen LogP contribution is -2.36. The summed E-state index contributed by atoms with van der Waals surface area (Å²) in [5.41, 5.74) is 1.53. The quantitative estimate of drug-likeness (QED) is 0.669. The zero-order valence-corrected chi connectivity index (χ0v) is 16.1. The molecule has 3 N–H and O–H groups in total. The molecule has 0 radical (unpaired) electrons. The van der Waals surface area contributed by atoms with E-state index in [1.807, 2.05) is 18.5 Å². The average Bonchev–Trinajstić information content (AvgIpc) is 3.08. The predicted octanol–water partition coefficient (Wildman–Crippen LogP) is 1.48. The van der Waals surface area contributed by atoms with E-state index in [2.05, 4.69) is 15.7 Å². The SMILES string of the molecule is CC(C)NC(=O)c1cnn2c1C[C@H](CNC(=O)COc1ccc(O)cc1)CC2. The molecule has 2 heterocycles. The molecular formula is C20H26N4O4. The van der Waals surface area contributed by atoms with E-state index in [0.29, 0.717) is 24.3 Å². The lowest BCUT2D eigenvalue weighted by Gasteiger charge is -2.24. The number of ether oxygens (including phenoxy) is 1. The number of aryl methyl sites for hydroxylation is 1. The number of phenolic OH excluding ortho intramolecular Hbond substituents is 1. The number of aromatic hydroxyl groups is 1. The highest BCUT2D eigenvalue weighted by molar-refractivity contribution is 5.95. The maximum absolute atomic E-state index is 12.3. The number of hydrogen-bond acceptors (Lipinski definition) is 5. The number of nitrogens with zero attached hydrogens (tertiary/aromatic N) is 2. The number of hydrogen-bond donors (Lipinski definition) is 3. The second-order valence-corrected chi connectivity index (χ2v) is 7.30. The molecule has 1 aromatic carbocycles. The standard InChI is InChI=1S/C20H26N4O4/c1-13(2)23-20(27)17-11-22-24-8-7-14(9-18(17)24)10-21-19(26)12-28-16-5-3-15(25)4-6-16/h3-6,11,13-14,25H,7-10,12H2,1-2H3,(H,21,26)(H,23,27)/t14-/m1/s1. The molecule has 8 heteroatoms. The van der Waals surface area contributed by atoms with Crippen molar-refractivity contribution in [2.75, 3.05) is 13.2 Å². The Morgan fingerprint density at radius 3 is 2.79 bits per heavy atom. The lowest BCUT2D eigenvalue weighted by atomic mass is 9.94. The summed E-state index contributed by atoms with van der Waals surface area (Å²) in [7, 11) is 0. The molecule has 0 spiro atoms. The first-order valence-corrected chi connectivity index (χ1v) is 9.46. The molecule has 2 aromatic rings. The Kier molecular flexibility index (Phi) is 6.18. The number of carbonyl (C=O) groups excluding carboxylic acids is 2. The second kappa shape index (κ2) is 8.77. The Morgan fingerprint density at radius 1 is 1.32 bits per heavy atom. The van der Waals surface area contributed by atoms with Crippen molar-refractivity contribution in [1.29, 1.82) is 0 Å². The Balaban J connectivity index is 1.49. The van der Waals surface area contributed by atoms with Crippen LogP contribution in [0, 0.1) is 5.92 Å². The van der Waals surface area contributed by atoms with Gasteiger partial charge in [0.15, 0.2) is 6.61 Å². The Bertz CT molecular complexity index is 829. The summed E-state index contributed by atoms with van der Waals surface area (Å²) >= 11 is 0. The third-order valence-corrected chi connectivity index (χ3v) is 4.64. The first kappa shape index (κ1) is 19.7. The smallest absolute Gasteiger partial charge is 0.257 e. The molecule has 0 saturated heterocycles. The Morgan fingerprint density at radius 2 is 2.07 bits per heavy atom. The van der Waals surface area contributed by atoms with Crippen LogP contribution >= 0.6 is 0 Å². The number of aromatic nitrogens is 2. The number of benzene rings is 1. The summed E-state index contributed by atoms with van der Waals surface area (Å²) in [5.74, 6) is 0.602. The van der Waals surface area contributed by atoms with Crippen molar-refractivity contribution in [2.45, 2.75) is 39.3 Å². The van der Waals surface area contributed by atoms with E-state index in [1.165, 1.54) is 12.1 Å². The second-order valence-electron chi connectivity index (χ2n) is 7.30. The van der Waals surface area contributed by atoms with Crippen molar-refractivity contribution in [3.05, 3.63) is 41.7 Å². The van der Waals surface area contributed by atoms with Gasteiger partial charge in [-0.3, -0.25) is 14.3 Å². The average molecular weight is 386 g/mol. The summed E-state index contributed by atoms with van der Waals surface area (Å²) in [4.78, 5) is 24.4. The molecule has 0 bridgehead atoms. The van der Waals surface area contributed by atoms with Gasteiger partial charge in [-0.15, -0.1) is 0 Å². The molecular weight excluding hydrogens is 360 g/mol. The van der Waals surface area contributed by atoms with Gasteiger partial charge >= 0.3 is 0 Å². The molecule has 28 heavy (non-hydrogen) atoms. The molecule has 150 valence electrons. The van der Waals surface area contributed by atoms with Gasteiger partial charge in [-0.05, 0) is 56.9 Å². The molecule has 0 aliphatic carbocycles. The minimum absolute atomic E-state index is 0.0651. The van der Waals surface area contributed by atoms with Crippen LogP contribution in [0.4, 0.5) is 0 Å². The van der Waals surface area contributed by atoms with Crippen molar-refractivity contribution in [1.82, 2.24) is 20.4 Å². The summed E-state index contributed by atoms with van der Waals surface area (Å²) < 4.78 is 7.28. The molecule has 1 aliphatic heterocycles. The highest BCUT2D eigenvalue weighted by Gasteiger charge is 2.25. The lowest BCUT2D eigenvalue weighted by molar-refractivity contribution is -0.123. The summed E-state index contributed by atoms with van der Waals surface area (Å²) in [6, 6.07) is 6.29. The van der Waals surface area contributed by atoms with Gasteiger partial charge < -0.3 is 20.5 Å². The molecule has 0 unspecified atom stereocenters. The number of phenols is 1. The van der Waals surface area contributed by atoms with Gasteiger partial charge in [-0.2, -0.15) is 5.10 Å². The number of carbonyl (C=O) groups is 2. The van der Waals surface area contributed by atoms with E-state index >= 15 is 0 Å². The van der Waals surface area contributed by atoms with Gasteiger partial charge in [0.1, 0.15) is 11.5 Å². The molecule has 8 nitrogen and oxygen atoms in total. The van der Waals surface area contributed by atoms with Gasteiger partial charge in [0.2, 0.25) is 0 Å². The minimum Gasteiger partial charge on any atom is -0.508 e. The number of nitrogens with one attached hydrogen (secondary N) is 2. The topological polar surface area (TPSA) is 105 Å². The number of rotatable bonds is 7. The Labute approximate surface area is 163 Å². The van der Waals surface area contributed by atoms with Crippen LogP contribution in [-0.4, -0.2) is 45.9 Å². The van der Waals surface area contributed by atoms with Crippen LogP contribution in [-0.2, 0) is 17.8 Å². The fourth-order valence-corrected chi connectivity index (χ4v) is 3.20. The van der Waals surface area contributed by atoms with E-state index in [1.54, 1.807) is 18.3 Å². The molecule has 2 amide bonds. The van der Waals surface area contributed by atoms with Crippen molar-refractivity contribution >= 4 is 11.8 Å². The van der Waals surface area contributed by atoms with Gasteiger partial charge in [-0.25, -0.2) is 0 Å². The van der Waals surface area contributed by atoms with E-state index in [9.17, 15) is 14.7 Å². The van der Waals surface area contributed by atoms with Crippen LogP contribution in [0.1, 0.15) is 36.3 Å². The molecule has 0 fully saturated rings. The zero-order valence-electron chi connectivity index (χ0n) is 16.1. The highest BCUT2D eigenvalue weighted by Crippen LogP contribution is 2.23. The van der Waals surface area contributed by atoms with Crippen LogP contribution in [0.3, 0.4) is 0 Å². The molecule has 1 aromatic heterocycles. The first-order chi connectivity index (χ1) is 13.4. The summed E-state index contributed by atoms with van der Waals surface area (Å²) in [6.45, 7) is 5.01.